The van der Waals surface area contributed by atoms with Crippen LogP contribution in [0.4, 0.5) is 0 Å². The molecule has 1 rings (SSSR count). The smallest absolute Gasteiger partial charge is 0.282 e. The molecule has 21 heavy (non-hydrogen) atoms. The van der Waals surface area contributed by atoms with E-state index in [1.807, 2.05) is 0 Å². The van der Waals surface area contributed by atoms with Gasteiger partial charge in [-0.05, 0) is 0 Å². The lowest BCUT2D eigenvalue weighted by molar-refractivity contribution is -0.0348. The topological polar surface area (TPSA) is 127 Å². The number of hydrogen-bond donors (Lipinski definition) is 3. The number of hydrogen-bond acceptors (Lipinski definition) is 6. The van der Waals surface area contributed by atoms with E-state index in [9.17, 15) is 27.0 Å². The highest BCUT2D eigenvalue weighted by atomic mass is 32.2. The third kappa shape index (κ3) is 4.34. The Morgan fingerprint density at radius 2 is 1.81 bits per heavy atom. The maximum absolute atomic E-state index is 12.3. The van der Waals surface area contributed by atoms with Crippen molar-refractivity contribution in [2.24, 2.45) is 0 Å². The molecule has 126 valence electrons. The fraction of sp³-hybridized carbons (Fsp3) is 1.00. The second kappa shape index (κ2) is 6.44. The highest BCUT2D eigenvalue weighted by Gasteiger charge is 2.49. The molecular weight excluding hydrogens is 322 g/mol. The van der Waals surface area contributed by atoms with Gasteiger partial charge in [0.25, 0.3) is 10.2 Å². The lowest BCUT2D eigenvalue weighted by atomic mass is 10.0. The van der Waals surface area contributed by atoms with Crippen LogP contribution in [-0.2, 0) is 20.2 Å². The predicted molar refractivity (Wildman–Crippen MR) is 77.2 cm³/mol. The molecule has 0 aromatic carbocycles. The Morgan fingerprint density at radius 3 is 2.24 bits per heavy atom. The predicted octanol–water partition coefficient (Wildman–Crippen LogP) is -2.47. The molecule has 1 fully saturated rings. The molecule has 1 aliphatic rings. The van der Waals surface area contributed by atoms with E-state index in [1.165, 1.54) is 4.31 Å². The largest absolute Gasteiger partial charge is 0.389 e. The van der Waals surface area contributed by atoms with E-state index in [4.69, 9.17) is 0 Å². The van der Waals surface area contributed by atoms with Crippen molar-refractivity contribution in [3.05, 3.63) is 0 Å². The van der Waals surface area contributed by atoms with Crippen LogP contribution in [0.1, 0.15) is 13.8 Å². The van der Waals surface area contributed by atoms with E-state index >= 15 is 0 Å². The monoisotopic (exact) mass is 345 g/mol. The number of aliphatic hydroxyl groups is 2. The normalized spacial score (nSPS) is 28.4. The first-order valence-electron chi connectivity index (χ1n) is 6.56. The van der Waals surface area contributed by atoms with Crippen LogP contribution in [0.25, 0.3) is 0 Å². The number of nitrogens with one attached hydrogen (secondary N) is 1. The molecule has 1 heterocycles. The SMILES string of the molecule is CCN(CC)S(=O)(=O)N1C[C@@H](O)[C@](O)(CNS(C)(=O)=O)C1. The summed E-state index contributed by atoms with van der Waals surface area (Å²) in [7, 11) is -7.34. The maximum atomic E-state index is 12.3. The lowest BCUT2D eigenvalue weighted by Gasteiger charge is -2.27. The van der Waals surface area contributed by atoms with Crippen LogP contribution in [-0.4, -0.2) is 86.3 Å². The van der Waals surface area contributed by atoms with Crippen molar-refractivity contribution in [2.45, 2.75) is 25.6 Å². The summed E-state index contributed by atoms with van der Waals surface area (Å²) in [5.41, 5.74) is -1.84. The van der Waals surface area contributed by atoms with Gasteiger partial charge in [0.2, 0.25) is 10.0 Å². The van der Waals surface area contributed by atoms with Crippen LogP contribution in [0.15, 0.2) is 0 Å². The number of β-amino-alcohol motifs (C(OH)–C–C–N with tert-alkyl or cyclic N) is 2. The summed E-state index contributed by atoms with van der Waals surface area (Å²) in [5, 5.41) is 20.2. The average molecular weight is 345 g/mol. The Hall–Kier alpha value is -0.300. The zero-order valence-electron chi connectivity index (χ0n) is 12.4. The van der Waals surface area contributed by atoms with Crippen LogP contribution in [0.5, 0.6) is 0 Å². The molecule has 0 aliphatic carbocycles. The number of sulfonamides is 1. The Morgan fingerprint density at radius 1 is 1.29 bits per heavy atom. The average Bonchev–Trinajstić information content (AvgIpc) is 2.65. The van der Waals surface area contributed by atoms with Crippen LogP contribution in [0.3, 0.4) is 0 Å². The van der Waals surface area contributed by atoms with Crippen molar-refractivity contribution in [1.29, 1.82) is 0 Å². The molecule has 0 unspecified atom stereocenters. The minimum Gasteiger partial charge on any atom is -0.389 e. The molecule has 0 saturated carbocycles. The van der Waals surface area contributed by atoms with Gasteiger partial charge in [0.15, 0.2) is 0 Å². The third-order valence-corrected chi connectivity index (χ3v) is 6.21. The van der Waals surface area contributed by atoms with Gasteiger partial charge >= 0.3 is 0 Å². The van der Waals surface area contributed by atoms with Gasteiger partial charge in [-0.25, -0.2) is 13.1 Å². The minimum absolute atomic E-state index is 0.269. The van der Waals surface area contributed by atoms with E-state index in [0.717, 1.165) is 10.6 Å². The molecule has 0 spiro atoms. The fourth-order valence-corrected chi connectivity index (χ4v) is 4.36. The summed E-state index contributed by atoms with van der Waals surface area (Å²) in [6.45, 7) is 2.82. The lowest BCUT2D eigenvalue weighted by Crippen LogP contribution is -2.51. The molecule has 1 saturated heterocycles. The maximum Gasteiger partial charge on any atom is 0.282 e. The van der Waals surface area contributed by atoms with Crippen LogP contribution in [0, 0.1) is 0 Å². The second-order valence-corrected chi connectivity index (χ2v) is 8.86. The zero-order valence-corrected chi connectivity index (χ0v) is 14.0. The van der Waals surface area contributed by atoms with Crippen LogP contribution < -0.4 is 4.72 Å². The molecule has 0 amide bonds. The van der Waals surface area contributed by atoms with Gasteiger partial charge in [0.05, 0.1) is 12.4 Å². The van der Waals surface area contributed by atoms with Crippen molar-refractivity contribution in [2.75, 3.05) is 39.0 Å². The summed E-state index contributed by atoms with van der Waals surface area (Å²) < 4.78 is 51.0. The van der Waals surface area contributed by atoms with Gasteiger partial charge in [-0.1, -0.05) is 13.8 Å². The summed E-state index contributed by atoms with van der Waals surface area (Å²) in [5.74, 6) is 0. The van der Waals surface area contributed by atoms with E-state index in [1.54, 1.807) is 13.8 Å². The van der Waals surface area contributed by atoms with Gasteiger partial charge in [0, 0.05) is 32.7 Å². The number of nitrogens with zero attached hydrogens (tertiary/aromatic N) is 2. The third-order valence-electron chi connectivity index (χ3n) is 3.45. The van der Waals surface area contributed by atoms with Crippen molar-refractivity contribution in [1.82, 2.24) is 13.3 Å². The first kappa shape index (κ1) is 18.7. The quantitative estimate of drug-likeness (QED) is 0.469. The van der Waals surface area contributed by atoms with Gasteiger partial charge < -0.3 is 10.2 Å². The Labute approximate surface area is 125 Å². The number of aliphatic hydroxyl groups excluding tert-OH is 1. The van der Waals surface area contributed by atoms with Crippen molar-refractivity contribution in [3.63, 3.8) is 0 Å². The molecule has 0 radical (unpaired) electrons. The fourth-order valence-electron chi connectivity index (χ4n) is 2.16. The molecule has 2 atom stereocenters. The summed E-state index contributed by atoms with van der Waals surface area (Å²) in [6, 6.07) is 0. The van der Waals surface area contributed by atoms with Gasteiger partial charge in [0.1, 0.15) is 5.60 Å². The standard InChI is InChI=1S/C10H23N3O6S2/c1-4-12(5-2)21(18,19)13-6-9(14)10(15,8-13)7-11-20(3,16)17/h9,11,14-15H,4-8H2,1-3H3/t9-,10+/m1/s1. The highest BCUT2D eigenvalue weighted by molar-refractivity contribution is 7.88. The highest BCUT2D eigenvalue weighted by Crippen LogP contribution is 2.25. The summed E-state index contributed by atoms with van der Waals surface area (Å²) in [6.07, 6.45) is -0.445. The molecule has 9 nitrogen and oxygen atoms in total. The van der Waals surface area contributed by atoms with E-state index in [2.05, 4.69) is 4.72 Å². The molecule has 0 aromatic heterocycles. The molecule has 0 aromatic rings. The molecule has 11 heteroatoms. The first-order chi connectivity index (χ1) is 9.46. The number of rotatable bonds is 7. The van der Waals surface area contributed by atoms with Gasteiger partial charge in [-0.2, -0.15) is 17.0 Å². The van der Waals surface area contributed by atoms with E-state index < -0.39 is 38.5 Å². The zero-order chi connectivity index (χ0) is 16.5. The summed E-state index contributed by atoms with van der Waals surface area (Å²) >= 11 is 0. The molecular formula is C10H23N3O6S2. The molecule has 3 N–H and O–H groups in total. The van der Waals surface area contributed by atoms with E-state index in [-0.39, 0.29) is 26.2 Å². The van der Waals surface area contributed by atoms with Gasteiger partial charge in [-0.3, -0.25) is 0 Å². The van der Waals surface area contributed by atoms with Crippen LogP contribution in [0.2, 0.25) is 0 Å². The molecule has 1 aliphatic heterocycles. The van der Waals surface area contributed by atoms with Crippen LogP contribution >= 0.6 is 0 Å². The second-order valence-electron chi connectivity index (χ2n) is 5.10. The molecule has 0 bridgehead atoms. The van der Waals surface area contributed by atoms with Crippen molar-refractivity contribution < 1.29 is 27.0 Å². The first-order valence-corrected chi connectivity index (χ1v) is 9.85. The minimum atomic E-state index is -3.79. The van der Waals surface area contributed by atoms with Gasteiger partial charge in [-0.15, -0.1) is 0 Å². The van der Waals surface area contributed by atoms with Crippen molar-refractivity contribution in [3.8, 4) is 0 Å². The van der Waals surface area contributed by atoms with Crippen molar-refractivity contribution >= 4 is 20.2 Å². The van der Waals surface area contributed by atoms with E-state index in [0.29, 0.717) is 0 Å². The summed E-state index contributed by atoms with van der Waals surface area (Å²) in [4.78, 5) is 0. The Kier molecular flexibility index (Phi) is 5.75. The Bertz CT molecular complexity index is 559. The Balaban J connectivity index is 2.89.